The molecule has 0 saturated heterocycles. The molecule has 0 saturated carbocycles. The Bertz CT molecular complexity index is 243. The highest BCUT2D eigenvalue weighted by molar-refractivity contribution is 5.70. The van der Waals surface area contributed by atoms with E-state index in [1.165, 1.54) is 0 Å². The number of quaternary nitrogens is 1. The highest BCUT2D eigenvalue weighted by atomic mass is 19.4. The summed E-state index contributed by atoms with van der Waals surface area (Å²) < 4.78 is 32.4. The van der Waals surface area contributed by atoms with Crippen molar-refractivity contribution in [1.29, 1.82) is 0 Å². The lowest BCUT2D eigenvalue weighted by Crippen LogP contribution is -2.37. The lowest BCUT2D eigenvalue weighted by atomic mass is 10.3. The van der Waals surface area contributed by atoms with Crippen LogP contribution in [-0.2, 0) is 4.79 Å². The fourth-order valence-electron chi connectivity index (χ4n) is 0.721. The van der Waals surface area contributed by atoms with Gasteiger partial charge in [-0.05, 0) is 0 Å². The Morgan fingerprint density at radius 1 is 1.38 bits per heavy atom. The molecule has 0 heterocycles. The minimum Gasteiger partial charge on any atom is -0.542 e. The van der Waals surface area contributed by atoms with Gasteiger partial charge in [-0.25, -0.2) is 0 Å². The number of hydrogen-bond acceptors (Lipinski definition) is 3. The van der Waals surface area contributed by atoms with Crippen molar-refractivity contribution >= 4 is 5.97 Å². The molecule has 0 aromatic rings. The van der Waals surface area contributed by atoms with E-state index in [0.29, 0.717) is 0 Å². The molecule has 0 bridgehead atoms. The fraction of sp³-hybridized carbons (Fsp3) is 0.667. The molecule has 0 aliphatic rings. The van der Waals surface area contributed by atoms with Crippen molar-refractivity contribution in [2.45, 2.75) is 6.18 Å². The number of aliphatic hydroxyl groups excluding tert-OH is 1. The number of hydrogen-bond donors (Lipinski definition) is 1. The van der Waals surface area contributed by atoms with Gasteiger partial charge >= 0.3 is 6.18 Å². The van der Waals surface area contributed by atoms with Crippen molar-refractivity contribution in [2.24, 2.45) is 0 Å². The van der Waals surface area contributed by atoms with Gasteiger partial charge < -0.3 is 19.5 Å². The van der Waals surface area contributed by atoms with Crippen LogP contribution in [0.3, 0.4) is 0 Å². The second-order valence-corrected chi connectivity index (χ2v) is 4.14. The van der Waals surface area contributed by atoms with E-state index in [4.69, 9.17) is 15.0 Å². The number of carbonyl (C=O) groups excluding carboxylic acids is 1. The van der Waals surface area contributed by atoms with Gasteiger partial charge in [0.2, 0.25) is 0 Å². The van der Waals surface area contributed by atoms with Gasteiger partial charge in [0, 0.05) is 5.57 Å². The molecule has 4 nitrogen and oxygen atoms in total. The van der Waals surface area contributed by atoms with E-state index in [-0.39, 0.29) is 6.61 Å². The number of nitrogens with zero attached hydrogens (tertiary/aromatic N) is 1. The molecule has 0 aromatic carbocycles. The molecule has 0 aromatic heterocycles. The Morgan fingerprint density at radius 2 is 1.69 bits per heavy atom. The maximum atomic E-state index is 10.5. The zero-order chi connectivity index (χ0) is 13.6. The summed E-state index contributed by atoms with van der Waals surface area (Å²) in [5.41, 5.74) is 0.891. The Hall–Kier alpha value is -1.08. The van der Waals surface area contributed by atoms with E-state index >= 15 is 0 Å². The van der Waals surface area contributed by atoms with Crippen molar-refractivity contribution in [3.8, 4) is 0 Å². The number of alkyl halides is 3. The highest BCUT2D eigenvalue weighted by Gasteiger charge is 2.28. The van der Waals surface area contributed by atoms with Crippen LogP contribution in [0.5, 0.6) is 0 Å². The van der Waals surface area contributed by atoms with Crippen LogP contribution < -0.4 is 5.11 Å². The summed E-state index contributed by atoms with van der Waals surface area (Å²) in [5.74, 6) is -3.01. The summed E-state index contributed by atoms with van der Waals surface area (Å²) in [5, 5.41) is 17.4. The minimum atomic E-state index is -5.19. The second-order valence-electron chi connectivity index (χ2n) is 4.14. The number of aliphatic hydroxyl groups is 1. The molecule has 1 N–H and O–H groups in total. The van der Waals surface area contributed by atoms with Crippen LogP contribution in [0, 0.1) is 0 Å². The summed E-state index contributed by atoms with van der Waals surface area (Å²) >= 11 is 0. The molecule has 0 spiro atoms. The van der Waals surface area contributed by atoms with Gasteiger partial charge in [-0.3, -0.25) is 0 Å². The molecule has 0 radical (unpaired) electrons. The van der Waals surface area contributed by atoms with E-state index in [2.05, 4.69) is 27.7 Å². The van der Waals surface area contributed by atoms with Gasteiger partial charge in [0.1, 0.15) is 12.5 Å². The predicted molar refractivity (Wildman–Crippen MR) is 50.2 cm³/mol. The van der Waals surface area contributed by atoms with Crippen LogP contribution in [0.15, 0.2) is 12.2 Å². The predicted octanol–water partition coefficient (Wildman–Crippen LogP) is -0.460. The number of carboxylic acid groups (broad SMARTS) is 1. The summed E-state index contributed by atoms with van der Waals surface area (Å²) in [6.45, 7) is 4.64. The average molecular weight is 243 g/mol. The molecule has 96 valence electrons. The van der Waals surface area contributed by atoms with Crippen LogP contribution in [0.1, 0.15) is 0 Å². The molecule has 7 heteroatoms. The fourth-order valence-corrected chi connectivity index (χ4v) is 0.721. The molecule has 0 atom stereocenters. The molecule has 0 amide bonds. The first-order valence-corrected chi connectivity index (χ1v) is 4.26. The third-order valence-corrected chi connectivity index (χ3v) is 1.15. The maximum absolute atomic E-state index is 10.5. The monoisotopic (exact) mass is 243 g/mol. The van der Waals surface area contributed by atoms with Crippen LogP contribution >= 0.6 is 0 Å². The summed E-state index contributed by atoms with van der Waals surface area (Å²) in [7, 11) is 6.21. The Labute approximate surface area is 92.2 Å². The van der Waals surface area contributed by atoms with Crippen LogP contribution in [0.2, 0.25) is 0 Å². The quantitative estimate of drug-likeness (QED) is 0.539. The molecule has 0 aliphatic carbocycles. The molecule has 0 aliphatic heterocycles. The van der Waals surface area contributed by atoms with Crippen LogP contribution in [-0.4, -0.2) is 56.0 Å². The largest absolute Gasteiger partial charge is 0.542 e. The Balaban J connectivity index is 0. The second kappa shape index (κ2) is 6.49. The summed E-state index contributed by atoms with van der Waals surface area (Å²) in [4.78, 5) is 8.78. The van der Waals surface area contributed by atoms with Gasteiger partial charge in [0.05, 0.1) is 27.7 Å². The van der Waals surface area contributed by atoms with Crippen molar-refractivity contribution in [2.75, 3.05) is 34.3 Å². The number of carboxylic acids is 1. The summed E-state index contributed by atoms with van der Waals surface area (Å²) in [6.07, 6.45) is -5.19. The number of halogens is 3. The van der Waals surface area contributed by atoms with E-state index in [9.17, 15) is 13.2 Å². The first kappa shape index (κ1) is 17.3. The molecular formula is C9H16F3NO3. The Kier molecular flexibility index (Phi) is 7.03. The smallest absolute Gasteiger partial charge is 0.430 e. The highest BCUT2D eigenvalue weighted by Crippen LogP contribution is 2.11. The van der Waals surface area contributed by atoms with Crippen molar-refractivity contribution < 1.29 is 32.7 Å². The standard InChI is InChI=1S/C7H16NO.C2HF3O2/c1-7(6-9)5-8(2,3)4;3-2(4,5)1(6)7/h9H,1,5-6H2,2-4H3;(H,6,7)/q+1;/p-1. The maximum Gasteiger partial charge on any atom is 0.430 e. The molecule has 0 fully saturated rings. The lowest BCUT2D eigenvalue weighted by Gasteiger charge is -2.24. The third-order valence-electron chi connectivity index (χ3n) is 1.15. The van der Waals surface area contributed by atoms with Gasteiger partial charge in [-0.15, -0.1) is 0 Å². The first-order chi connectivity index (χ1) is 6.90. The van der Waals surface area contributed by atoms with Gasteiger partial charge in [0.15, 0.2) is 0 Å². The van der Waals surface area contributed by atoms with E-state index in [1.54, 1.807) is 0 Å². The van der Waals surface area contributed by atoms with E-state index < -0.39 is 12.1 Å². The topological polar surface area (TPSA) is 60.4 Å². The minimum absolute atomic E-state index is 0.107. The van der Waals surface area contributed by atoms with E-state index in [1.807, 2.05) is 0 Å². The number of carbonyl (C=O) groups is 1. The van der Waals surface area contributed by atoms with E-state index in [0.717, 1.165) is 16.6 Å². The first-order valence-electron chi connectivity index (χ1n) is 4.26. The molecule has 0 unspecified atom stereocenters. The Morgan fingerprint density at radius 3 is 1.75 bits per heavy atom. The zero-order valence-electron chi connectivity index (χ0n) is 9.47. The SMILES string of the molecule is C=C(CO)C[N+](C)(C)C.O=C([O-])C(F)(F)F. The van der Waals surface area contributed by atoms with Crippen molar-refractivity contribution in [1.82, 2.24) is 0 Å². The number of aliphatic carboxylic acids is 1. The van der Waals surface area contributed by atoms with Gasteiger partial charge in [-0.1, -0.05) is 6.58 Å². The van der Waals surface area contributed by atoms with Crippen LogP contribution in [0.4, 0.5) is 13.2 Å². The van der Waals surface area contributed by atoms with Gasteiger partial charge in [0.25, 0.3) is 0 Å². The van der Waals surface area contributed by atoms with Crippen molar-refractivity contribution in [3.63, 3.8) is 0 Å². The summed E-state index contributed by atoms with van der Waals surface area (Å²) in [6, 6.07) is 0. The molecule has 0 rings (SSSR count). The van der Waals surface area contributed by atoms with Crippen molar-refractivity contribution in [3.05, 3.63) is 12.2 Å². The number of likely N-dealkylation sites (N-methyl/N-ethyl adjacent to an activating group) is 1. The third kappa shape index (κ3) is 12.9. The molecular weight excluding hydrogens is 227 g/mol. The zero-order valence-corrected chi connectivity index (χ0v) is 9.47. The average Bonchev–Trinajstić information content (AvgIpc) is 2.00. The van der Waals surface area contributed by atoms with Gasteiger partial charge in [-0.2, -0.15) is 13.2 Å². The number of rotatable bonds is 3. The van der Waals surface area contributed by atoms with Crippen LogP contribution in [0.25, 0.3) is 0 Å². The molecule has 16 heavy (non-hydrogen) atoms. The normalized spacial score (nSPS) is 11.4. The lowest BCUT2D eigenvalue weighted by molar-refractivity contribution is -0.865.